The molecule has 22 heavy (non-hydrogen) atoms. The molecule has 1 heterocycles. The van der Waals surface area contributed by atoms with E-state index in [1.165, 1.54) is 5.56 Å². The van der Waals surface area contributed by atoms with Crippen LogP contribution in [0, 0.1) is 38.0 Å². The predicted molar refractivity (Wildman–Crippen MR) is 86.6 cm³/mol. The van der Waals surface area contributed by atoms with Gasteiger partial charge in [0.05, 0.1) is 6.07 Å². The Morgan fingerprint density at radius 3 is 2.27 bits per heavy atom. The Morgan fingerprint density at radius 2 is 1.68 bits per heavy atom. The molecule has 3 nitrogen and oxygen atoms in total. The molecule has 0 unspecified atom stereocenters. The number of rotatable bonds is 2. The minimum absolute atomic E-state index is 0.332. The van der Waals surface area contributed by atoms with E-state index in [4.69, 9.17) is 4.84 Å². The highest BCUT2D eigenvalue weighted by Gasteiger charge is 2.37. The topological polar surface area (TPSA) is 45.4 Å². The fourth-order valence-electron chi connectivity index (χ4n) is 3.18. The number of aryl methyl sites for hydroxylation is 3. The number of benzene rings is 2. The molecular formula is C19H18N2O. The van der Waals surface area contributed by atoms with E-state index in [1.807, 2.05) is 30.3 Å². The molecule has 2 aromatic rings. The number of oxime groups is 1. The van der Waals surface area contributed by atoms with Gasteiger partial charge in [-0.05, 0) is 37.5 Å². The third-order valence-corrected chi connectivity index (χ3v) is 4.06. The van der Waals surface area contributed by atoms with Crippen LogP contribution < -0.4 is 0 Å². The van der Waals surface area contributed by atoms with Gasteiger partial charge in [0, 0.05) is 5.56 Å². The van der Waals surface area contributed by atoms with E-state index in [-0.39, 0.29) is 12.0 Å². The lowest BCUT2D eigenvalue weighted by atomic mass is 9.86. The van der Waals surface area contributed by atoms with Gasteiger partial charge in [-0.3, -0.25) is 0 Å². The average molecular weight is 290 g/mol. The molecule has 3 rings (SSSR count). The van der Waals surface area contributed by atoms with E-state index in [0.29, 0.717) is 0 Å². The molecule has 0 aliphatic carbocycles. The average Bonchev–Trinajstić information content (AvgIpc) is 2.90. The Balaban J connectivity index is 2.02. The van der Waals surface area contributed by atoms with Crippen LogP contribution in [0.1, 0.15) is 33.9 Å². The van der Waals surface area contributed by atoms with Crippen molar-refractivity contribution in [2.24, 2.45) is 11.1 Å². The first-order valence-electron chi connectivity index (χ1n) is 7.38. The normalized spacial score (nSPS) is 20.2. The molecular weight excluding hydrogens is 272 g/mol. The Bertz CT molecular complexity index is 749. The van der Waals surface area contributed by atoms with Crippen molar-refractivity contribution in [3.8, 4) is 6.07 Å². The lowest BCUT2D eigenvalue weighted by Crippen LogP contribution is -2.18. The van der Waals surface area contributed by atoms with Gasteiger partial charge < -0.3 is 4.84 Å². The first-order chi connectivity index (χ1) is 10.6. The summed E-state index contributed by atoms with van der Waals surface area (Å²) < 4.78 is 0. The Hall–Kier alpha value is -2.60. The third kappa shape index (κ3) is 2.37. The lowest BCUT2D eigenvalue weighted by molar-refractivity contribution is 0.0722. The van der Waals surface area contributed by atoms with Crippen LogP contribution in [0.25, 0.3) is 0 Å². The summed E-state index contributed by atoms with van der Waals surface area (Å²) in [5.41, 5.74) is 6.24. The van der Waals surface area contributed by atoms with Crippen LogP contribution in [-0.4, -0.2) is 5.71 Å². The molecule has 3 heteroatoms. The van der Waals surface area contributed by atoms with Crippen molar-refractivity contribution in [3.05, 3.63) is 70.3 Å². The molecule has 110 valence electrons. The SMILES string of the molecule is Cc1cc(C)c(C2=NO[C@@H](c3ccccc3)[C@@H]2C#N)c(C)c1. The van der Waals surface area contributed by atoms with Crippen LogP contribution in [0.2, 0.25) is 0 Å². The van der Waals surface area contributed by atoms with Crippen LogP contribution in [0.3, 0.4) is 0 Å². The first kappa shape index (κ1) is 14.3. The van der Waals surface area contributed by atoms with Gasteiger partial charge in [-0.25, -0.2) is 0 Å². The van der Waals surface area contributed by atoms with E-state index in [1.54, 1.807) is 0 Å². The summed E-state index contributed by atoms with van der Waals surface area (Å²) in [5.74, 6) is -0.387. The van der Waals surface area contributed by atoms with Crippen LogP contribution in [-0.2, 0) is 4.84 Å². The van der Waals surface area contributed by atoms with E-state index in [9.17, 15) is 5.26 Å². The molecule has 0 N–H and O–H groups in total. The van der Waals surface area contributed by atoms with Gasteiger partial charge in [0.15, 0.2) is 6.10 Å². The molecule has 0 radical (unpaired) electrons. The summed E-state index contributed by atoms with van der Waals surface area (Å²) in [5, 5.41) is 13.9. The maximum atomic E-state index is 9.66. The minimum atomic E-state index is -0.387. The smallest absolute Gasteiger partial charge is 0.174 e. The highest BCUT2D eigenvalue weighted by atomic mass is 16.6. The monoisotopic (exact) mass is 290 g/mol. The van der Waals surface area contributed by atoms with Gasteiger partial charge in [-0.15, -0.1) is 0 Å². The second-order valence-electron chi connectivity index (χ2n) is 5.79. The second kappa shape index (κ2) is 5.65. The fourth-order valence-corrected chi connectivity index (χ4v) is 3.18. The zero-order valence-corrected chi connectivity index (χ0v) is 13.0. The van der Waals surface area contributed by atoms with Crippen molar-refractivity contribution in [3.63, 3.8) is 0 Å². The number of hydrogen-bond acceptors (Lipinski definition) is 3. The van der Waals surface area contributed by atoms with Gasteiger partial charge in [0.25, 0.3) is 0 Å². The molecule has 0 saturated heterocycles. The molecule has 2 aromatic carbocycles. The molecule has 1 aliphatic heterocycles. The molecule has 0 fully saturated rings. The van der Waals surface area contributed by atoms with Crippen LogP contribution in [0.5, 0.6) is 0 Å². The van der Waals surface area contributed by atoms with Crippen molar-refractivity contribution < 1.29 is 4.84 Å². The molecule has 0 bridgehead atoms. The zero-order chi connectivity index (χ0) is 15.7. The van der Waals surface area contributed by atoms with Crippen molar-refractivity contribution in [1.82, 2.24) is 0 Å². The van der Waals surface area contributed by atoms with Crippen molar-refractivity contribution in [1.29, 1.82) is 5.26 Å². The largest absolute Gasteiger partial charge is 0.385 e. The number of nitriles is 1. The highest BCUT2D eigenvalue weighted by Crippen LogP contribution is 2.36. The Kier molecular flexibility index (Phi) is 3.68. The zero-order valence-electron chi connectivity index (χ0n) is 13.0. The van der Waals surface area contributed by atoms with Gasteiger partial charge in [0.1, 0.15) is 11.6 Å². The molecule has 2 atom stereocenters. The van der Waals surface area contributed by atoms with Gasteiger partial charge in [-0.2, -0.15) is 5.26 Å². The Morgan fingerprint density at radius 1 is 1.05 bits per heavy atom. The van der Waals surface area contributed by atoms with Crippen LogP contribution in [0.15, 0.2) is 47.6 Å². The molecule has 0 spiro atoms. The van der Waals surface area contributed by atoms with Gasteiger partial charge in [-0.1, -0.05) is 53.2 Å². The van der Waals surface area contributed by atoms with Gasteiger partial charge >= 0.3 is 0 Å². The molecule has 1 aliphatic rings. The van der Waals surface area contributed by atoms with E-state index < -0.39 is 0 Å². The number of nitrogens with zero attached hydrogens (tertiary/aromatic N) is 2. The summed E-state index contributed by atoms with van der Waals surface area (Å²) in [6.07, 6.45) is -0.332. The summed E-state index contributed by atoms with van der Waals surface area (Å²) >= 11 is 0. The first-order valence-corrected chi connectivity index (χ1v) is 7.38. The maximum absolute atomic E-state index is 9.66. The standard InChI is InChI=1S/C19H18N2O/c1-12-9-13(2)17(14(3)10-12)18-16(11-20)19(22-21-18)15-7-5-4-6-8-15/h4-10,16,19H,1-3H3/t16-,19+/m1/s1. The molecule has 0 amide bonds. The van der Waals surface area contributed by atoms with Crippen LogP contribution >= 0.6 is 0 Å². The maximum Gasteiger partial charge on any atom is 0.174 e. The van der Waals surface area contributed by atoms with Crippen molar-refractivity contribution in [2.75, 3.05) is 0 Å². The summed E-state index contributed by atoms with van der Waals surface area (Å²) in [6.45, 7) is 6.19. The number of hydrogen-bond donors (Lipinski definition) is 0. The molecule has 0 saturated carbocycles. The molecule has 0 aromatic heterocycles. The van der Waals surface area contributed by atoms with E-state index in [2.05, 4.69) is 44.1 Å². The van der Waals surface area contributed by atoms with Crippen molar-refractivity contribution >= 4 is 5.71 Å². The van der Waals surface area contributed by atoms with Gasteiger partial charge in [0.2, 0.25) is 0 Å². The predicted octanol–water partition coefficient (Wildman–Crippen LogP) is 4.23. The van der Waals surface area contributed by atoms with Crippen LogP contribution in [0.4, 0.5) is 0 Å². The van der Waals surface area contributed by atoms with E-state index >= 15 is 0 Å². The quantitative estimate of drug-likeness (QED) is 0.831. The Labute approximate surface area is 130 Å². The van der Waals surface area contributed by atoms with Crippen molar-refractivity contribution in [2.45, 2.75) is 26.9 Å². The van der Waals surface area contributed by atoms with E-state index in [0.717, 1.165) is 28.0 Å². The summed E-state index contributed by atoms with van der Waals surface area (Å²) in [7, 11) is 0. The lowest BCUT2D eigenvalue weighted by Gasteiger charge is -2.15. The minimum Gasteiger partial charge on any atom is -0.385 e. The summed E-state index contributed by atoms with van der Waals surface area (Å²) in [4.78, 5) is 5.62. The third-order valence-electron chi connectivity index (χ3n) is 4.06. The summed E-state index contributed by atoms with van der Waals surface area (Å²) in [6, 6.07) is 16.4. The highest BCUT2D eigenvalue weighted by molar-refractivity contribution is 6.06. The fraction of sp³-hybridized carbons (Fsp3) is 0.263. The second-order valence-corrected chi connectivity index (χ2v) is 5.79.